The van der Waals surface area contributed by atoms with Crippen LogP contribution in [0.5, 0.6) is 0 Å². The summed E-state index contributed by atoms with van der Waals surface area (Å²) in [5.41, 5.74) is 3.65. The van der Waals surface area contributed by atoms with E-state index in [1.165, 1.54) is 12.8 Å². The van der Waals surface area contributed by atoms with Gasteiger partial charge >= 0.3 is 6.03 Å². The third kappa shape index (κ3) is 2.07. The maximum Gasteiger partial charge on any atom is 0.322 e. The third-order valence-corrected chi connectivity index (χ3v) is 5.97. The Morgan fingerprint density at radius 2 is 2.17 bits per heavy atom. The Hall–Kier alpha value is -2.30. The number of rotatable bonds is 2. The Bertz CT molecular complexity index is 828. The molecular formula is C19H21N3O2. The van der Waals surface area contributed by atoms with Crippen LogP contribution in [0.2, 0.25) is 0 Å². The summed E-state index contributed by atoms with van der Waals surface area (Å²) in [4.78, 5) is 19.1. The number of nitrogens with zero attached hydrogens (tertiary/aromatic N) is 2. The van der Waals surface area contributed by atoms with Crippen LogP contribution in [0.4, 0.5) is 10.5 Å². The van der Waals surface area contributed by atoms with Gasteiger partial charge in [-0.2, -0.15) is 0 Å². The Labute approximate surface area is 141 Å². The molecule has 5 heteroatoms. The highest BCUT2D eigenvalue weighted by Gasteiger charge is 2.61. The van der Waals surface area contributed by atoms with Gasteiger partial charge in [0.25, 0.3) is 0 Å². The summed E-state index contributed by atoms with van der Waals surface area (Å²) in [5, 5.41) is 3.07. The van der Waals surface area contributed by atoms with Crippen molar-refractivity contribution in [2.45, 2.75) is 32.7 Å². The molecule has 1 aromatic heterocycles. The molecule has 1 unspecified atom stereocenters. The predicted octanol–water partition coefficient (Wildman–Crippen LogP) is 3.83. The van der Waals surface area contributed by atoms with E-state index in [-0.39, 0.29) is 6.03 Å². The van der Waals surface area contributed by atoms with Crippen molar-refractivity contribution in [3.05, 3.63) is 35.7 Å². The summed E-state index contributed by atoms with van der Waals surface area (Å²) in [6.07, 6.45) is 4.18. The molecule has 2 heterocycles. The van der Waals surface area contributed by atoms with Crippen LogP contribution < -0.4 is 5.32 Å². The maximum absolute atomic E-state index is 12.7. The van der Waals surface area contributed by atoms with Crippen molar-refractivity contribution in [1.29, 1.82) is 0 Å². The van der Waals surface area contributed by atoms with E-state index < -0.39 is 0 Å². The lowest BCUT2D eigenvalue weighted by molar-refractivity contribution is 0.190. The van der Waals surface area contributed by atoms with Gasteiger partial charge in [-0.1, -0.05) is 6.07 Å². The SMILES string of the molecule is Cc1coc(-c2cc(NC(=O)N3C[C@H]4C[C@@H]3C3C[C@@H]34)ccc2C)n1. The number of aromatic nitrogens is 1. The number of carbonyl (C=O) groups excluding carboxylic acids is 1. The fourth-order valence-electron chi connectivity index (χ4n) is 4.67. The number of likely N-dealkylation sites (tertiary alicyclic amines) is 1. The van der Waals surface area contributed by atoms with Gasteiger partial charge in [-0.3, -0.25) is 0 Å². The van der Waals surface area contributed by atoms with Crippen molar-refractivity contribution in [3.63, 3.8) is 0 Å². The van der Waals surface area contributed by atoms with Crippen molar-refractivity contribution in [1.82, 2.24) is 9.88 Å². The number of carbonyl (C=O) groups is 1. The molecule has 1 N–H and O–H groups in total. The zero-order valence-corrected chi connectivity index (χ0v) is 14.0. The summed E-state index contributed by atoms with van der Waals surface area (Å²) in [7, 11) is 0. The highest BCUT2D eigenvalue weighted by Crippen LogP contribution is 2.61. The molecule has 2 saturated carbocycles. The molecule has 1 saturated heterocycles. The molecule has 5 nitrogen and oxygen atoms in total. The minimum atomic E-state index is 0.0336. The van der Waals surface area contributed by atoms with Crippen molar-refractivity contribution in [2.75, 3.05) is 11.9 Å². The van der Waals surface area contributed by atoms with Crippen LogP contribution in [0.1, 0.15) is 24.1 Å². The first-order chi connectivity index (χ1) is 11.6. The van der Waals surface area contributed by atoms with Gasteiger partial charge in [0, 0.05) is 23.8 Å². The molecule has 3 fully saturated rings. The van der Waals surface area contributed by atoms with Crippen LogP contribution in [0.15, 0.2) is 28.9 Å². The van der Waals surface area contributed by atoms with Gasteiger partial charge in [0.15, 0.2) is 0 Å². The number of hydrogen-bond donors (Lipinski definition) is 1. The maximum atomic E-state index is 12.7. The Balaban J connectivity index is 1.37. The van der Waals surface area contributed by atoms with Crippen molar-refractivity contribution < 1.29 is 9.21 Å². The van der Waals surface area contributed by atoms with Crippen LogP contribution in [0.25, 0.3) is 11.5 Å². The first-order valence-electron chi connectivity index (χ1n) is 8.71. The second-order valence-corrected chi connectivity index (χ2v) is 7.53. The normalized spacial score (nSPS) is 29.7. The van der Waals surface area contributed by atoms with Crippen molar-refractivity contribution in [3.8, 4) is 11.5 Å². The zero-order valence-electron chi connectivity index (χ0n) is 14.0. The smallest absolute Gasteiger partial charge is 0.322 e. The lowest BCUT2D eigenvalue weighted by Gasteiger charge is -2.27. The molecule has 0 spiro atoms. The first-order valence-corrected chi connectivity index (χ1v) is 8.71. The van der Waals surface area contributed by atoms with E-state index in [9.17, 15) is 4.79 Å². The van der Waals surface area contributed by atoms with Crippen LogP contribution >= 0.6 is 0 Å². The minimum Gasteiger partial charge on any atom is -0.444 e. The van der Waals surface area contributed by atoms with Gasteiger partial charge in [-0.15, -0.1) is 0 Å². The van der Waals surface area contributed by atoms with E-state index in [0.29, 0.717) is 11.9 Å². The monoisotopic (exact) mass is 323 g/mol. The lowest BCUT2D eigenvalue weighted by atomic mass is 10.1. The zero-order chi connectivity index (χ0) is 16.4. The number of amides is 2. The number of oxazole rings is 1. The van der Waals surface area contributed by atoms with E-state index in [1.54, 1.807) is 6.26 Å². The van der Waals surface area contributed by atoms with Crippen LogP contribution in [0.3, 0.4) is 0 Å². The lowest BCUT2D eigenvalue weighted by Crippen LogP contribution is -2.41. The van der Waals surface area contributed by atoms with Gasteiger partial charge in [-0.25, -0.2) is 9.78 Å². The number of benzene rings is 1. The largest absolute Gasteiger partial charge is 0.444 e. The quantitative estimate of drug-likeness (QED) is 0.914. The summed E-state index contributed by atoms with van der Waals surface area (Å²) >= 11 is 0. The number of hydrogen-bond acceptors (Lipinski definition) is 3. The molecule has 5 rings (SSSR count). The van der Waals surface area contributed by atoms with E-state index in [4.69, 9.17) is 4.42 Å². The van der Waals surface area contributed by atoms with E-state index in [0.717, 1.165) is 46.8 Å². The minimum absolute atomic E-state index is 0.0336. The summed E-state index contributed by atoms with van der Waals surface area (Å²) in [5.74, 6) is 3.04. The molecule has 3 aliphatic rings. The van der Waals surface area contributed by atoms with Crippen LogP contribution in [0, 0.1) is 31.6 Å². The standard InChI is InChI=1S/C19H21N3O2/c1-10-3-4-13(6-14(10)18-20-11(2)9-24-18)21-19(23)22-8-12-5-17(22)16-7-15(12)16/h3-4,6,9,12,15-17H,5,7-8H2,1-2H3,(H,21,23)/t12-,15-,16?,17-/m1/s1. The summed E-state index contributed by atoms with van der Waals surface area (Å²) in [6.45, 7) is 4.85. The fourth-order valence-corrected chi connectivity index (χ4v) is 4.67. The average Bonchev–Trinajstić information content (AvgIpc) is 2.92. The number of fused-ring (bicyclic) bond motifs is 5. The molecule has 124 valence electrons. The molecule has 4 atom stereocenters. The number of aryl methyl sites for hydroxylation is 2. The molecular weight excluding hydrogens is 302 g/mol. The molecule has 2 bridgehead atoms. The molecule has 24 heavy (non-hydrogen) atoms. The Morgan fingerprint density at radius 3 is 2.88 bits per heavy atom. The van der Waals surface area contributed by atoms with E-state index in [2.05, 4.69) is 10.3 Å². The predicted molar refractivity (Wildman–Crippen MR) is 90.6 cm³/mol. The molecule has 1 aromatic carbocycles. The fraction of sp³-hybridized carbons (Fsp3) is 0.474. The Kier molecular flexibility index (Phi) is 2.84. The molecule has 2 aromatic rings. The van der Waals surface area contributed by atoms with Gasteiger partial charge in [-0.05, 0) is 62.1 Å². The average molecular weight is 323 g/mol. The van der Waals surface area contributed by atoms with E-state index >= 15 is 0 Å². The Morgan fingerprint density at radius 1 is 1.29 bits per heavy atom. The third-order valence-electron chi connectivity index (χ3n) is 5.97. The molecule has 0 radical (unpaired) electrons. The molecule has 2 aliphatic carbocycles. The topological polar surface area (TPSA) is 58.4 Å². The number of urea groups is 1. The molecule has 1 aliphatic heterocycles. The van der Waals surface area contributed by atoms with Gasteiger partial charge in [0.05, 0.1) is 5.69 Å². The number of anilines is 1. The van der Waals surface area contributed by atoms with Crippen LogP contribution in [-0.2, 0) is 0 Å². The van der Waals surface area contributed by atoms with E-state index in [1.807, 2.05) is 36.9 Å². The highest BCUT2D eigenvalue weighted by molar-refractivity contribution is 5.90. The van der Waals surface area contributed by atoms with Gasteiger partial charge in [0.1, 0.15) is 6.26 Å². The summed E-state index contributed by atoms with van der Waals surface area (Å²) in [6, 6.07) is 6.40. The second kappa shape index (κ2) is 4.85. The van der Waals surface area contributed by atoms with Crippen LogP contribution in [-0.4, -0.2) is 28.5 Å². The number of nitrogens with one attached hydrogen (secondary N) is 1. The second-order valence-electron chi connectivity index (χ2n) is 7.53. The summed E-state index contributed by atoms with van der Waals surface area (Å²) < 4.78 is 5.52. The van der Waals surface area contributed by atoms with Crippen molar-refractivity contribution in [2.24, 2.45) is 17.8 Å². The number of piperidine rings is 1. The van der Waals surface area contributed by atoms with Crippen molar-refractivity contribution >= 4 is 11.7 Å². The highest BCUT2D eigenvalue weighted by atomic mass is 16.3. The first kappa shape index (κ1) is 14.1. The molecule has 2 amide bonds. The van der Waals surface area contributed by atoms with Gasteiger partial charge < -0.3 is 14.6 Å². The van der Waals surface area contributed by atoms with Gasteiger partial charge in [0.2, 0.25) is 5.89 Å².